The lowest BCUT2D eigenvalue weighted by atomic mass is 9.65. The molecule has 0 radical (unpaired) electrons. The summed E-state index contributed by atoms with van der Waals surface area (Å²) in [5.41, 5.74) is 2.62. The van der Waals surface area contributed by atoms with Crippen LogP contribution in [0.25, 0.3) is 0 Å². The molecule has 1 spiro atoms. The minimum atomic E-state index is 0.0555. The molecule has 1 aliphatic carbocycles. The van der Waals surface area contributed by atoms with Crippen LogP contribution in [-0.4, -0.2) is 11.3 Å². The summed E-state index contributed by atoms with van der Waals surface area (Å²) >= 11 is 0. The molecule has 0 saturated heterocycles. The molecule has 1 aliphatic heterocycles. The van der Waals surface area contributed by atoms with Gasteiger partial charge in [0, 0.05) is 12.3 Å². The van der Waals surface area contributed by atoms with Gasteiger partial charge >= 0.3 is 0 Å². The second-order valence-corrected chi connectivity index (χ2v) is 5.08. The number of oxime groups is 1. The summed E-state index contributed by atoms with van der Waals surface area (Å²) in [4.78, 5) is 5.66. The van der Waals surface area contributed by atoms with Crippen molar-refractivity contribution in [2.45, 2.75) is 38.2 Å². The summed E-state index contributed by atoms with van der Waals surface area (Å²) in [6.45, 7) is 2.06. The SMILES string of the molecule is CC1=NO[C@]2(CC[C@@H]2Cc2ccccc2)C1. The Balaban J connectivity index is 1.69. The molecule has 1 aromatic carbocycles. The van der Waals surface area contributed by atoms with E-state index in [1.165, 1.54) is 18.4 Å². The number of benzene rings is 1. The summed E-state index contributed by atoms with van der Waals surface area (Å²) in [6, 6.07) is 10.7. The first kappa shape index (κ1) is 9.88. The van der Waals surface area contributed by atoms with Crippen molar-refractivity contribution >= 4 is 5.71 Å². The van der Waals surface area contributed by atoms with Crippen LogP contribution in [0.4, 0.5) is 0 Å². The quantitative estimate of drug-likeness (QED) is 0.742. The molecule has 84 valence electrons. The first-order chi connectivity index (χ1) is 7.78. The van der Waals surface area contributed by atoms with Crippen LogP contribution in [0.2, 0.25) is 0 Å². The fourth-order valence-electron chi connectivity index (χ4n) is 2.88. The van der Waals surface area contributed by atoms with Crippen LogP contribution in [0.1, 0.15) is 31.7 Å². The maximum atomic E-state index is 5.66. The van der Waals surface area contributed by atoms with Gasteiger partial charge in [-0.1, -0.05) is 35.5 Å². The predicted molar refractivity (Wildman–Crippen MR) is 64.4 cm³/mol. The average Bonchev–Trinajstić information content (AvgIpc) is 2.71. The number of nitrogens with zero attached hydrogens (tertiary/aromatic N) is 1. The van der Waals surface area contributed by atoms with Crippen LogP contribution >= 0.6 is 0 Å². The molecule has 3 rings (SSSR count). The Morgan fingerprint density at radius 2 is 2.19 bits per heavy atom. The molecule has 2 atom stereocenters. The fourth-order valence-corrected chi connectivity index (χ4v) is 2.88. The van der Waals surface area contributed by atoms with Crippen LogP contribution in [-0.2, 0) is 11.3 Å². The van der Waals surface area contributed by atoms with Crippen molar-refractivity contribution in [3.05, 3.63) is 35.9 Å². The summed E-state index contributed by atoms with van der Waals surface area (Å²) < 4.78 is 0. The van der Waals surface area contributed by atoms with Crippen molar-refractivity contribution in [2.24, 2.45) is 11.1 Å². The zero-order valence-corrected chi connectivity index (χ0v) is 9.65. The second-order valence-electron chi connectivity index (χ2n) is 5.08. The van der Waals surface area contributed by atoms with E-state index >= 15 is 0 Å². The van der Waals surface area contributed by atoms with E-state index in [2.05, 4.69) is 42.4 Å². The van der Waals surface area contributed by atoms with E-state index in [4.69, 9.17) is 4.84 Å². The number of hydrogen-bond donors (Lipinski definition) is 0. The standard InChI is InChI=1S/C14H17NO/c1-11-10-14(16-15-11)8-7-13(14)9-12-5-3-2-4-6-12/h2-6,13H,7-10H2,1H3/t13-,14-/m1/s1. The lowest BCUT2D eigenvalue weighted by molar-refractivity contribution is -0.125. The first-order valence-electron chi connectivity index (χ1n) is 6.04. The molecule has 2 aliphatic rings. The van der Waals surface area contributed by atoms with Gasteiger partial charge in [0.25, 0.3) is 0 Å². The van der Waals surface area contributed by atoms with E-state index < -0.39 is 0 Å². The van der Waals surface area contributed by atoms with Gasteiger partial charge in [-0.25, -0.2) is 0 Å². The van der Waals surface area contributed by atoms with Gasteiger partial charge in [0.1, 0.15) is 5.60 Å². The Bertz CT molecular complexity index is 412. The third kappa shape index (κ3) is 1.53. The van der Waals surface area contributed by atoms with E-state index in [1.807, 2.05) is 0 Å². The molecule has 0 amide bonds. The van der Waals surface area contributed by atoms with E-state index in [0.717, 1.165) is 18.6 Å². The molecule has 2 heteroatoms. The zero-order chi connectivity index (χ0) is 11.0. The summed E-state index contributed by atoms with van der Waals surface area (Å²) in [7, 11) is 0. The van der Waals surface area contributed by atoms with E-state index in [9.17, 15) is 0 Å². The highest BCUT2D eigenvalue weighted by Crippen LogP contribution is 2.48. The van der Waals surface area contributed by atoms with Crippen LogP contribution in [0.5, 0.6) is 0 Å². The molecule has 0 N–H and O–H groups in total. The third-order valence-electron chi connectivity index (χ3n) is 3.92. The zero-order valence-electron chi connectivity index (χ0n) is 9.65. The normalized spacial score (nSPS) is 32.1. The Hall–Kier alpha value is -1.31. The molecular weight excluding hydrogens is 198 g/mol. The Kier molecular flexibility index (Phi) is 2.23. The molecule has 1 fully saturated rings. The van der Waals surface area contributed by atoms with Gasteiger partial charge in [0.15, 0.2) is 0 Å². The Labute approximate surface area is 96.3 Å². The molecule has 1 saturated carbocycles. The van der Waals surface area contributed by atoms with Crippen molar-refractivity contribution in [3.8, 4) is 0 Å². The maximum absolute atomic E-state index is 5.66. The second kappa shape index (κ2) is 3.62. The van der Waals surface area contributed by atoms with Crippen molar-refractivity contribution < 1.29 is 4.84 Å². The largest absolute Gasteiger partial charge is 0.389 e. The molecular formula is C14H17NO. The lowest BCUT2D eigenvalue weighted by Crippen LogP contribution is -2.48. The molecule has 0 bridgehead atoms. The van der Waals surface area contributed by atoms with Crippen molar-refractivity contribution in [3.63, 3.8) is 0 Å². The minimum absolute atomic E-state index is 0.0555. The minimum Gasteiger partial charge on any atom is -0.389 e. The molecule has 0 unspecified atom stereocenters. The van der Waals surface area contributed by atoms with Gasteiger partial charge in [-0.3, -0.25) is 0 Å². The van der Waals surface area contributed by atoms with Gasteiger partial charge in [-0.05, 0) is 31.7 Å². The van der Waals surface area contributed by atoms with E-state index in [-0.39, 0.29) is 5.60 Å². The average molecular weight is 215 g/mol. The Morgan fingerprint density at radius 1 is 1.38 bits per heavy atom. The fraction of sp³-hybridized carbons (Fsp3) is 0.500. The van der Waals surface area contributed by atoms with Crippen LogP contribution in [0, 0.1) is 5.92 Å². The summed E-state index contributed by atoms with van der Waals surface area (Å²) in [5, 5.41) is 4.12. The highest BCUT2D eigenvalue weighted by atomic mass is 16.7. The maximum Gasteiger partial charge on any atom is 0.146 e. The van der Waals surface area contributed by atoms with E-state index in [1.54, 1.807) is 0 Å². The van der Waals surface area contributed by atoms with E-state index in [0.29, 0.717) is 5.92 Å². The monoisotopic (exact) mass is 215 g/mol. The summed E-state index contributed by atoms with van der Waals surface area (Å²) in [5.74, 6) is 0.649. The smallest absolute Gasteiger partial charge is 0.146 e. The van der Waals surface area contributed by atoms with Crippen molar-refractivity contribution in [1.29, 1.82) is 0 Å². The third-order valence-corrected chi connectivity index (χ3v) is 3.92. The first-order valence-corrected chi connectivity index (χ1v) is 6.04. The number of rotatable bonds is 2. The topological polar surface area (TPSA) is 21.6 Å². The number of hydrogen-bond acceptors (Lipinski definition) is 2. The lowest BCUT2D eigenvalue weighted by Gasteiger charge is -2.44. The molecule has 16 heavy (non-hydrogen) atoms. The van der Waals surface area contributed by atoms with Crippen LogP contribution < -0.4 is 0 Å². The van der Waals surface area contributed by atoms with Gasteiger partial charge in [-0.15, -0.1) is 0 Å². The van der Waals surface area contributed by atoms with Gasteiger partial charge in [-0.2, -0.15) is 0 Å². The highest BCUT2D eigenvalue weighted by molar-refractivity contribution is 5.83. The van der Waals surface area contributed by atoms with Crippen LogP contribution in [0.3, 0.4) is 0 Å². The molecule has 2 nitrogen and oxygen atoms in total. The molecule has 1 heterocycles. The highest BCUT2D eigenvalue weighted by Gasteiger charge is 2.51. The molecule has 1 aromatic rings. The predicted octanol–water partition coefficient (Wildman–Crippen LogP) is 3.17. The summed E-state index contributed by atoms with van der Waals surface area (Å²) in [6.07, 6.45) is 4.61. The van der Waals surface area contributed by atoms with Crippen LogP contribution in [0.15, 0.2) is 35.5 Å². The molecule has 0 aromatic heterocycles. The van der Waals surface area contributed by atoms with Gasteiger partial charge < -0.3 is 4.84 Å². The Morgan fingerprint density at radius 3 is 2.75 bits per heavy atom. The van der Waals surface area contributed by atoms with Crippen molar-refractivity contribution in [2.75, 3.05) is 0 Å². The van der Waals surface area contributed by atoms with Gasteiger partial charge in [0.2, 0.25) is 0 Å². The van der Waals surface area contributed by atoms with Gasteiger partial charge in [0.05, 0.1) is 5.71 Å². The van der Waals surface area contributed by atoms with Crippen molar-refractivity contribution in [1.82, 2.24) is 0 Å².